The highest BCUT2D eigenvalue weighted by atomic mass is 32.2. The number of amides is 2. The van der Waals surface area contributed by atoms with E-state index in [9.17, 15) is 24.3 Å². The molecule has 0 radical (unpaired) electrons. The minimum atomic E-state index is -1.28. The number of rotatable bonds is 9. The molecule has 1 aromatic heterocycles. The third kappa shape index (κ3) is 5.85. The minimum Gasteiger partial charge on any atom is -0.481 e. The molecule has 0 spiro atoms. The lowest BCUT2D eigenvalue weighted by molar-refractivity contribution is -0.140. The molecule has 3 atom stereocenters. The molecule has 2 amide bonds. The van der Waals surface area contributed by atoms with E-state index in [1.165, 1.54) is 23.1 Å². The zero-order valence-corrected chi connectivity index (χ0v) is 18.8. The molecule has 2 aliphatic heterocycles. The number of hydrogen-bond acceptors (Lipinski definition) is 9. The number of thiophene rings is 1. The maximum Gasteiger partial charge on any atom is 0.326 e. The summed E-state index contributed by atoms with van der Waals surface area (Å²) in [6, 6.07) is 0.426. The number of carbonyl (C=O) groups is 4. The van der Waals surface area contributed by atoms with Crippen molar-refractivity contribution in [2.75, 3.05) is 6.54 Å². The number of fused-ring (bicyclic) bond motifs is 1. The van der Waals surface area contributed by atoms with Crippen molar-refractivity contribution < 1.29 is 29.4 Å². The molecule has 0 saturated carbocycles. The summed E-state index contributed by atoms with van der Waals surface area (Å²) in [5.41, 5.74) is 6.47. The zero-order chi connectivity index (χ0) is 23.4. The van der Waals surface area contributed by atoms with E-state index in [1.807, 2.05) is 6.92 Å². The molecule has 2 aliphatic rings. The summed E-state index contributed by atoms with van der Waals surface area (Å²) in [4.78, 5) is 56.4. The van der Waals surface area contributed by atoms with Crippen LogP contribution < -0.4 is 16.4 Å². The van der Waals surface area contributed by atoms with E-state index in [-0.39, 0.29) is 30.0 Å². The number of nitrogens with two attached hydrogens (primary N) is 1. The highest BCUT2D eigenvalue weighted by Crippen LogP contribution is 2.31. The first-order chi connectivity index (χ1) is 15.1. The third-order valence-corrected chi connectivity index (χ3v) is 7.69. The molecule has 32 heavy (non-hydrogen) atoms. The Balaban J connectivity index is 1.59. The van der Waals surface area contributed by atoms with Crippen LogP contribution in [0, 0.1) is 6.92 Å². The topological polar surface area (TPSA) is 184 Å². The lowest BCUT2D eigenvalue weighted by Gasteiger charge is -2.28. The van der Waals surface area contributed by atoms with Gasteiger partial charge in [-0.25, -0.2) is 4.79 Å². The van der Waals surface area contributed by atoms with Crippen molar-refractivity contribution in [2.45, 2.75) is 49.1 Å². The highest BCUT2D eigenvalue weighted by Gasteiger charge is 2.35. The first-order valence-corrected chi connectivity index (χ1v) is 11.6. The smallest absolute Gasteiger partial charge is 0.326 e. The van der Waals surface area contributed by atoms with Gasteiger partial charge in [-0.1, -0.05) is 0 Å². The number of guanidine groups is 1. The molecular weight excluding hydrogens is 458 g/mol. The molecule has 172 valence electrons. The highest BCUT2D eigenvalue weighted by molar-refractivity contribution is 8.02. The van der Waals surface area contributed by atoms with E-state index >= 15 is 0 Å². The number of nitrogens with zero attached hydrogens (tertiary/aromatic N) is 2. The van der Waals surface area contributed by atoms with Crippen LogP contribution in [0.2, 0.25) is 0 Å². The van der Waals surface area contributed by atoms with Crippen molar-refractivity contribution in [1.82, 2.24) is 10.6 Å². The Hall–Kier alpha value is -2.93. The summed E-state index contributed by atoms with van der Waals surface area (Å²) in [6.07, 6.45) is 0.863. The summed E-state index contributed by atoms with van der Waals surface area (Å²) in [6.45, 7) is 2.39. The number of amidine groups is 1. The Morgan fingerprint density at radius 2 is 2.12 bits per heavy atom. The molecule has 11 nitrogen and oxygen atoms in total. The lowest BCUT2D eigenvalue weighted by atomic mass is 10.1. The molecule has 6 N–H and O–H groups in total. The van der Waals surface area contributed by atoms with Crippen molar-refractivity contribution in [2.24, 2.45) is 15.7 Å². The van der Waals surface area contributed by atoms with E-state index in [0.29, 0.717) is 23.7 Å². The molecule has 0 saturated heterocycles. The van der Waals surface area contributed by atoms with Gasteiger partial charge >= 0.3 is 11.9 Å². The number of aryl methyl sites for hydroxylation is 2. The average Bonchev–Trinajstić information content (AvgIpc) is 3.10. The van der Waals surface area contributed by atoms with Gasteiger partial charge in [-0.2, -0.15) is 4.99 Å². The van der Waals surface area contributed by atoms with Gasteiger partial charge in [0.15, 0.2) is 0 Å². The minimum absolute atomic E-state index is 0.0529. The fourth-order valence-corrected chi connectivity index (χ4v) is 5.60. The summed E-state index contributed by atoms with van der Waals surface area (Å²) >= 11 is 2.76. The van der Waals surface area contributed by atoms with Gasteiger partial charge in [-0.15, -0.1) is 23.1 Å². The normalized spacial score (nSPS) is 21.0. The van der Waals surface area contributed by atoms with Gasteiger partial charge in [0.05, 0.1) is 11.4 Å². The second-order valence-corrected chi connectivity index (χ2v) is 9.92. The van der Waals surface area contributed by atoms with E-state index in [2.05, 4.69) is 20.6 Å². The maximum atomic E-state index is 12.5. The number of carbonyl (C=O) groups excluding carboxylic acids is 2. The molecule has 13 heteroatoms. The average molecular weight is 482 g/mol. The van der Waals surface area contributed by atoms with E-state index < -0.39 is 29.1 Å². The van der Waals surface area contributed by atoms with E-state index in [0.717, 1.165) is 16.9 Å². The Labute approximate surface area is 191 Å². The molecule has 0 bridgehead atoms. The molecule has 0 aromatic carbocycles. The van der Waals surface area contributed by atoms with Gasteiger partial charge in [0.1, 0.15) is 17.1 Å². The Bertz CT molecular complexity index is 1000. The van der Waals surface area contributed by atoms with Crippen LogP contribution in [-0.2, 0) is 20.8 Å². The molecule has 3 rings (SSSR count). The summed E-state index contributed by atoms with van der Waals surface area (Å²) in [5, 5.41) is 22.5. The monoisotopic (exact) mass is 481 g/mol. The predicted octanol–water partition coefficient (Wildman–Crippen LogP) is 0.364. The zero-order valence-electron chi connectivity index (χ0n) is 17.2. The first kappa shape index (κ1) is 23.7. The molecule has 1 unspecified atom stereocenters. The first-order valence-electron chi connectivity index (χ1n) is 9.83. The van der Waals surface area contributed by atoms with Gasteiger partial charge in [0.25, 0.3) is 5.91 Å². The Kier molecular flexibility index (Phi) is 7.51. The SMILES string of the molecule is Cc1cc(C(=O)N[C@@H](CCC(=O)O)C(=O)O)sc1CC[C@@H]1CN=C2N=C(N)NC(=O)C2S1. The molecular formula is C19H23N5O6S2. The molecule has 1 aromatic rings. The maximum absolute atomic E-state index is 12.5. The fourth-order valence-electron chi connectivity index (χ4n) is 3.28. The van der Waals surface area contributed by atoms with Crippen molar-refractivity contribution >= 4 is 58.6 Å². The fraction of sp³-hybridized carbons (Fsp3) is 0.474. The van der Waals surface area contributed by atoms with Gasteiger partial charge in [0, 0.05) is 16.5 Å². The van der Waals surface area contributed by atoms with Gasteiger partial charge in [-0.05, 0) is 37.8 Å². The largest absolute Gasteiger partial charge is 0.481 e. The Morgan fingerprint density at radius 1 is 1.38 bits per heavy atom. The van der Waals surface area contributed by atoms with E-state index in [4.69, 9.17) is 10.8 Å². The van der Waals surface area contributed by atoms with Crippen LogP contribution in [0.15, 0.2) is 16.1 Å². The Morgan fingerprint density at radius 3 is 2.81 bits per heavy atom. The summed E-state index contributed by atoms with van der Waals surface area (Å²) < 4.78 is 0. The van der Waals surface area contributed by atoms with Crippen LogP contribution in [-0.4, -0.2) is 68.8 Å². The summed E-state index contributed by atoms with van der Waals surface area (Å²) in [5.74, 6) is -2.68. The van der Waals surface area contributed by atoms with Gasteiger partial charge in [0.2, 0.25) is 11.9 Å². The third-order valence-electron chi connectivity index (χ3n) is 4.93. The van der Waals surface area contributed by atoms with Crippen molar-refractivity contribution in [1.29, 1.82) is 0 Å². The van der Waals surface area contributed by atoms with Crippen LogP contribution in [0.4, 0.5) is 0 Å². The number of aliphatic carboxylic acids is 2. The van der Waals surface area contributed by atoms with Gasteiger partial charge in [-0.3, -0.25) is 24.7 Å². The number of hydrogen-bond donors (Lipinski definition) is 5. The molecule has 0 aliphatic carbocycles. The number of carboxylic acids is 2. The predicted molar refractivity (Wildman–Crippen MR) is 120 cm³/mol. The molecule has 3 heterocycles. The van der Waals surface area contributed by atoms with Crippen LogP contribution in [0.25, 0.3) is 0 Å². The number of thioether (sulfide) groups is 1. The molecule has 0 fully saturated rings. The van der Waals surface area contributed by atoms with Crippen molar-refractivity contribution in [3.05, 3.63) is 21.4 Å². The quantitative estimate of drug-likeness (QED) is 0.335. The lowest BCUT2D eigenvalue weighted by Crippen LogP contribution is -2.51. The number of aliphatic imine (C=N–C) groups is 2. The van der Waals surface area contributed by atoms with Crippen LogP contribution in [0.3, 0.4) is 0 Å². The number of carboxylic acid groups (broad SMARTS) is 2. The second-order valence-electron chi connectivity index (χ2n) is 7.38. The van der Waals surface area contributed by atoms with Crippen LogP contribution in [0.1, 0.15) is 39.4 Å². The van der Waals surface area contributed by atoms with Gasteiger partial charge < -0.3 is 21.3 Å². The van der Waals surface area contributed by atoms with Crippen LogP contribution >= 0.6 is 23.1 Å². The van der Waals surface area contributed by atoms with Crippen LogP contribution in [0.5, 0.6) is 0 Å². The van der Waals surface area contributed by atoms with Crippen molar-refractivity contribution in [3.63, 3.8) is 0 Å². The second kappa shape index (κ2) is 10.1. The number of nitrogens with one attached hydrogen (secondary N) is 2. The summed E-state index contributed by atoms with van der Waals surface area (Å²) in [7, 11) is 0. The standard InChI is InChI=1S/C19H23N5O6S2/c1-8-6-12(16(27)22-10(18(29)30)3-5-13(25)26)32-11(8)4-2-9-7-21-15-14(31-9)17(28)24-19(20)23-15/h6,9-10,14H,2-5,7H2,1H3,(H,22,27)(H,25,26)(H,29,30)(H3,20,21,23,24,28)/t9-,10+,14?/m1/s1. The van der Waals surface area contributed by atoms with Crippen molar-refractivity contribution in [3.8, 4) is 0 Å². The van der Waals surface area contributed by atoms with E-state index in [1.54, 1.807) is 6.07 Å².